The van der Waals surface area contributed by atoms with Gasteiger partial charge in [-0.25, -0.2) is 0 Å². The summed E-state index contributed by atoms with van der Waals surface area (Å²) in [5, 5.41) is 6.43. The van der Waals surface area contributed by atoms with Crippen LogP contribution >= 0.6 is 0 Å². The number of fused-ring (bicyclic) bond motifs is 1. The molecule has 2 aliphatic heterocycles. The van der Waals surface area contributed by atoms with Crippen molar-refractivity contribution in [2.45, 2.75) is 37.8 Å². The van der Waals surface area contributed by atoms with E-state index in [0.29, 0.717) is 6.61 Å². The number of ether oxygens (including phenoxy) is 1. The predicted octanol–water partition coefficient (Wildman–Crippen LogP) is 1.77. The molecular formula is C15H20N2O2. The lowest BCUT2D eigenvalue weighted by Gasteiger charge is -2.18. The average molecular weight is 260 g/mol. The molecule has 2 atom stereocenters. The van der Waals surface area contributed by atoms with Crippen LogP contribution in [0.25, 0.3) is 0 Å². The third-order valence-electron chi connectivity index (χ3n) is 3.89. The zero-order chi connectivity index (χ0) is 13.1. The fourth-order valence-electron chi connectivity index (χ4n) is 2.81. The topological polar surface area (TPSA) is 50.4 Å². The van der Waals surface area contributed by atoms with Crippen LogP contribution in [-0.4, -0.2) is 25.1 Å². The molecule has 0 saturated carbocycles. The van der Waals surface area contributed by atoms with Crippen molar-refractivity contribution in [3.05, 3.63) is 29.8 Å². The minimum Gasteiger partial charge on any atom is -0.491 e. The Bertz CT molecular complexity index is 453. The highest BCUT2D eigenvalue weighted by Crippen LogP contribution is 2.31. The molecule has 0 aliphatic carbocycles. The lowest BCUT2D eigenvalue weighted by Crippen LogP contribution is -2.45. The summed E-state index contributed by atoms with van der Waals surface area (Å²) in [6, 6.07) is 7.86. The second-order valence-corrected chi connectivity index (χ2v) is 5.27. The number of benzene rings is 1. The van der Waals surface area contributed by atoms with Crippen LogP contribution in [-0.2, 0) is 4.79 Å². The zero-order valence-corrected chi connectivity index (χ0v) is 11.0. The van der Waals surface area contributed by atoms with Crippen molar-refractivity contribution in [2.75, 3.05) is 13.2 Å². The monoisotopic (exact) mass is 260 g/mol. The normalized spacial score (nSPS) is 26.1. The molecule has 3 rings (SSSR count). The molecule has 1 fully saturated rings. The second-order valence-electron chi connectivity index (χ2n) is 5.27. The van der Waals surface area contributed by atoms with E-state index in [4.69, 9.17) is 4.74 Å². The Morgan fingerprint density at radius 2 is 2.16 bits per heavy atom. The summed E-state index contributed by atoms with van der Waals surface area (Å²) in [6.07, 6.45) is 4.44. The highest BCUT2D eigenvalue weighted by molar-refractivity contribution is 5.82. The predicted molar refractivity (Wildman–Crippen MR) is 73.1 cm³/mol. The van der Waals surface area contributed by atoms with Gasteiger partial charge in [-0.15, -0.1) is 0 Å². The van der Waals surface area contributed by atoms with Crippen molar-refractivity contribution in [3.8, 4) is 5.75 Å². The van der Waals surface area contributed by atoms with Crippen LogP contribution in [0.5, 0.6) is 5.75 Å². The van der Waals surface area contributed by atoms with Crippen molar-refractivity contribution in [2.24, 2.45) is 0 Å². The number of para-hydroxylation sites is 1. The summed E-state index contributed by atoms with van der Waals surface area (Å²) < 4.78 is 5.59. The van der Waals surface area contributed by atoms with Crippen LogP contribution < -0.4 is 15.4 Å². The van der Waals surface area contributed by atoms with Gasteiger partial charge in [-0.2, -0.15) is 0 Å². The van der Waals surface area contributed by atoms with Crippen LogP contribution in [0.1, 0.15) is 37.3 Å². The summed E-state index contributed by atoms with van der Waals surface area (Å²) in [7, 11) is 0. The molecule has 1 aromatic rings. The molecule has 0 bridgehead atoms. The number of amides is 1. The molecule has 0 aromatic heterocycles. The first-order chi connectivity index (χ1) is 9.34. The summed E-state index contributed by atoms with van der Waals surface area (Å²) in [5.41, 5.74) is 1.09. The fourth-order valence-corrected chi connectivity index (χ4v) is 2.81. The molecule has 4 heteroatoms. The quantitative estimate of drug-likeness (QED) is 0.852. The van der Waals surface area contributed by atoms with Gasteiger partial charge in [0.05, 0.1) is 12.1 Å². The van der Waals surface area contributed by atoms with Gasteiger partial charge in [0.1, 0.15) is 12.4 Å². The number of nitrogens with one attached hydrogen (secondary N) is 2. The van der Waals surface area contributed by atoms with E-state index in [1.54, 1.807) is 0 Å². The molecule has 1 saturated heterocycles. The van der Waals surface area contributed by atoms with Crippen molar-refractivity contribution in [1.29, 1.82) is 0 Å². The SMILES string of the molecule is O=C(NC1COc2ccccc21)C1CCCCCN1. The molecule has 2 heterocycles. The van der Waals surface area contributed by atoms with Gasteiger partial charge in [-0.3, -0.25) is 4.79 Å². The highest BCUT2D eigenvalue weighted by Gasteiger charge is 2.28. The molecule has 2 N–H and O–H groups in total. The summed E-state index contributed by atoms with van der Waals surface area (Å²) in [6.45, 7) is 1.48. The van der Waals surface area contributed by atoms with Crippen LogP contribution in [0.3, 0.4) is 0 Å². The molecular weight excluding hydrogens is 240 g/mol. The minimum atomic E-state index is -0.0461. The Kier molecular flexibility index (Phi) is 3.69. The molecule has 1 amide bonds. The maximum atomic E-state index is 12.3. The van der Waals surface area contributed by atoms with Gasteiger partial charge in [0.15, 0.2) is 0 Å². The number of carbonyl (C=O) groups excluding carboxylic acids is 1. The van der Waals surface area contributed by atoms with Crippen molar-refractivity contribution in [1.82, 2.24) is 10.6 Å². The van der Waals surface area contributed by atoms with Gasteiger partial charge < -0.3 is 15.4 Å². The minimum absolute atomic E-state index is 0.00578. The lowest BCUT2D eigenvalue weighted by atomic mass is 10.1. The fraction of sp³-hybridized carbons (Fsp3) is 0.533. The first-order valence-corrected chi connectivity index (χ1v) is 7.10. The molecule has 102 valence electrons. The molecule has 1 aromatic carbocycles. The van der Waals surface area contributed by atoms with Gasteiger partial charge in [0.2, 0.25) is 5.91 Å². The van der Waals surface area contributed by atoms with Crippen molar-refractivity contribution >= 4 is 5.91 Å². The molecule has 4 nitrogen and oxygen atoms in total. The van der Waals surface area contributed by atoms with Crippen LogP contribution in [0, 0.1) is 0 Å². The Hall–Kier alpha value is -1.55. The van der Waals surface area contributed by atoms with E-state index in [2.05, 4.69) is 10.6 Å². The average Bonchev–Trinajstić information content (AvgIpc) is 2.66. The molecule has 19 heavy (non-hydrogen) atoms. The summed E-state index contributed by atoms with van der Waals surface area (Å²) >= 11 is 0. The van der Waals surface area contributed by atoms with E-state index in [1.807, 2.05) is 24.3 Å². The van der Waals surface area contributed by atoms with E-state index < -0.39 is 0 Å². The standard InChI is InChI=1S/C15H20N2O2/c18-15(12-7-2-1-5-9-16-12)17-13-10-19-14-8-4-3-6-11(13)14/h3-4,6,8,12-13,16H,1-2,5,7,9-10H2,(H,17,18). The second kappa shape index (κ2) is 5.61. The zero-order valence-electron chi connectivity index (χ0n) is 11.0. The third-order valence-corrected chi connectivity index (χ3v) is 3.89. The van der Waals surface area contributed by atoms with E-state index in [-0.39, 0.29) is 18.0 Å². The van der Waals surface area contributed by atoms with E-state index in [0.717, 1.165) is 30.7 Å². The summed E-state index contributed by atoms with van der Waals surface area (Å²) in [5.74, 6) is 0.994. The van der Waals surface area contributed by atoms with Crippen LogP contribution in [0.4, 0.5) is 0 Å². The van der Waals surface area contributed by atoms with Gasteiger partial charge in [-0.05, 0) is 25.5 Å². The first-order valence-electron chi connectivity index (χ1n) is 7.10. The molecule has 0 radical (unpaired) electrons. The van der Waals surface area contributed by atoms with Crippen molar-refractivity contribution < 1.29 is 9.53 Å². The Morgan fingerprint density at radius 1 is 1.26 bits per heavy atom. The van der Waals surface area contributed by atoms with Crippen molar-refractivity contribution in [3.63, 3.8) is 0 Å². The Morgan fingerprint density at radius 3 is 3.11 bits per heavy atom. The number of rotatable bonds is 2. The van der Waals surface area contributed by atoms with Gasteiger partial charge in [0.25, 0.3) is 0 Å². The van der Waals surface area contributed by atoms with Gasteiger partial charge in [0, 0.05) is 5.56 Å². The number of carbonyl (C=O) groups is 1. The molecule has 0 spiro atoms. The largest absolute Gasteiger partial charge is 0.491 e. The van der Waals surface area contributed by atoms with E-state index in [1.165, 1.54) is 12.8 Å². The molecule has 2 unspecified atom stereocenters. The van der Waals surface area contributed by atoms with E-state index >= 15 is 0 Å². The van der Waals surface area contributed by atoms with Crippen LogP contribution in [0.15, 0.2) is 24.3 Å². The maximum Gasteiger partial charge on any atom is 0.237 e. The Balaban J connectivity index is 1.64. The lowest BCUT2D eigenvalue weighted by molar-refractivity contribution is -0.124. The van der Waals surface area contributed by atoms with Gasteiger partial charge >= 0.3 is 0 Å². The van der Waals surface area contributed by atoms with E-state index in [9.17, 15) is 4.79 Å². The number of hydrogen-bond donors (Lipinski definition) is 2. The smallest absolute Gasteiger partial charge is 0.237 e. The highest BCUT2D eigenvalue weighted by atomic mass is 16.5. The van der Waals surface area contributed by atoms with Gasteiger partial charge in [-0.1, -0.05) is 31.0 Å². The van der Waals surface area contributed by atoms with Crippen LogP contribution in [0.2, 0.25) is 0 Å². The first kappa shape index (κ1) is 12.5. The third kappa shape index (κ3) is 2.73. The summed E-state index contributed by atoms with van der Waals surface area (Å²) in [4.78, 5) is 12.3. The number of hydrogen-bond acceptors (Lipinski definition) is 3. The Labute approximate surface area is 113 Å². The molecule has 2 aliphatic rings. The maximum absolute atomic E-state index is 12.3.